The Morgan fingerprint density at radius 2 is 2.11 bits per heavy atom. The van der Waals surface area contributed by atoms with E-state index < -0.39 is 17.9 Å². The van der Waals surface area contributed by atoms with Crippen LogP contribution in [0.4, 0.5) is 8.78 Å². The van der Waals surface area contributed by atoms with Crippen LogP contribution in [0, 0.1) is 6.92 Å². The summed E-state index contributed by atoms with van der Waals surface area (Å²) in [5.41, 5.74) is 0.809. The largest absolute Gasteiger partial charge is 0.487 e. The fourth-order valence-electron chi connectivity index (χ4n) is 3.60. The van der Waals surface area contributed by atoms with E-state index in [1.54, 1.807) is 6.92 Å². The molecule has 3 heterocycles. The van der Waals surface area contributed by atoms with Gasteiger partial charge in [0.2, 0.25) is 0 Å². The highest BCUT2D eigenvalue weighted by Crippen LogP contribution is 2.39. The van der Waals surface area contributed by atoms with Crippen LogP contribution in [0.3, 0.4) is 0 Å². The van der Waals surface area contributed by atoms with Gasteiger partial charge in [0.1, 0.15) is 22.6 Å². The Kier molecular flexibility index (Phi) is 4.28. The third-order valence-electron chi connectivity index (χ3n) is 4.78. The molecular formula is C20H20F2N4O2. The Morgan fingerprint density at radius 1 is 1.36 bits per heavy atom. The van der Waals surface area contributed by atoms with E-state index in [4.69, 9.17) is 4.74 Å². The highest BCUT2D eigenvalue weighted by molar-refractivity contribution is 6.00. The lowest BCUT2D eigenvalue weighted by Gasteiger charge is -2.37. The normalized spacial score (nSPS) is 18.0. The molecule has 1 aromatic carbocycles. The zero-order chi connectivity index (χ0) is 20.1. The lowest BCUT2D eigenvalue weighted by molar-refractivity contribution is 0.0620. The molecule has 1 N–H and O–H groups in total. The maximum Gasteiger partial charge on any atom is 0.280 e. The van der Waals surface area contributed by atoms with Gasteiger partial charge in [-0.05, 0) is 32.9 Å². The van der Waals surface area contributed by atoms with Crippen molar-refractivity contribution in [1.29, 1.82) is 0 Å². The summed E-state index contributed by atoms with van der Waals surface area (Å²) in [6, 6.07) is 8.52. The van der Waals surface area contributed by atoms with Crippen LogP contribution < -0.4 is 10.1 Å². The molecular weight excluding hydrogens is 366 g/mol. The number of nitrogens with one attached hydrogen (secondary N) is 1. The molecule has 2 aromatic heterocycles. The number of rotatable bonds is 3. The summed E-state index contributed by atoms with van der Waals surface area (Å²) in [5.74, 6) is 0.309. The summed E-state index contributed by atoms with van der Waals surface area (Å²) >= 11 is 0. The Labute approximate surface area is 160 Å². The Balaban J connectivity index is 1.70. The topological polar surface area (TPSA) is 68.5 Å². The summed E-state index contributed by atoms with van der Waals surface area (Å²) in [5, 5.41) is 6.95. The minimum Gasteiger partial charge on any atom is -0.487 e. The van der Waals surface area contributed by atoms with Crippen LogP contribution in [-0.4, -0.2) is 26.1 Å². The van der Waals surface area contributed by atoms with E-state index in [1.807, 2.05) is 38.1 Å². The van der Waals surface area contributed by atoms with Crippen LogP contribution in [0.2, 0.25) is 0 Å². The molecule has 0 unspecified atom stereocenters. The number of nitrogens with zero attached hydrogens (tertiary/aromatic N) is 3. The van der Waals surface area contributed by atoms with E-state index in [1.165, 1.54) is 12.3 Å². The van der Waals surface area contributed by atoms with Gasteiger partial charge in [0.05, 0.1) is 12.2 Å². The number of aromatic nitrogens is 3. The molecule has 0 saturated carbocycles. The third kappa shape index (κ3) is 3.19. The number of hydrogen-bond acceptors (Lipinski definition) is 4. The molecule has 0 spiro atoms. The third-order valence-corrected chi connectivity index (χ3v) is 4.78. The Hall–Kier alpha value is -3.03. The maximum absolute atomic E-state index is 13.3. The zero-order valence-electron chi connectivity index (χ0n) is 15.7. The first kappa shape index (κ1) is 18.3. The molecule has 4 rings (SSSR count). The number of aryl methyl sites for hydroxylation is 1. The summed E-state index contributed by atoms with van der Waals surface area (Å²) in [6.07, 6.45) is -0.869. The number of benzene rings is 1. The van der Waals surface area contributed by atoms with Gasteiger partial charge in [0, 0.05) is 17.7 Å². The summed E-state index contributed by atoms with van der Waals surface area (Å²) in [7, 11) is 0. The average Bonchev–Trinajstić information content (AvgIpc) is 3.03. The molecule has 0 fully saturated rings. The summed E-state index contributed by atoms with van der Waals surface area (Å²) in [6.45, 7) is 5.52. The van der Waals surface area contributed by atoms with Crippen LogP contribution in [0.15, 0.2) is 36.5 Å². The van der Waals surface area contributed by atoms with Gasteiger partial charge in [-0.2, -0.15) is 5.10 Å². The van der Waals surface area contributed by atoms with E-state index in [0.717, 1.165) is 15.8 Å². The van der Waals surface area contributed by atoms with E-state index in [-0.39, 0.29) is 22.9 Å². The fraction of sp³-hybridized carbons (Fsp3) is 0.350. The molecule has 6 nitrogen and oxygen atoms in total. The second-order valence-corrected chi connectivity index (χ2v) is 7.55. The lowest BCUT2D eigenvalue weighted by Crippen LogP contribution is -2.41. The fourth-order valence-corrected chi connectivity index (χ4v) is 3.60. The van der Waals surface area contributed by atoms with Gasteiger partial charge in [0.25, 0.3) is 12.3 Å². The van der Waals surface area contributed by atoms with Gasteiger partial charge >= 0.3 is 0 Å². The van der Waals surface area contributed by atoms with E-state index >= 15 is 0 Å². The van der Waals surface area contributed by atoms with Crippen LogP contribution in [-0.2, 0) is 0 Å². The van der Waals surface area contributed by atoms with E-state index in [2.05, 4.69) is 15.4 Å². The van der Waals surface area contributed by atoms with Crippen LogP contribution in [0.5, 0.6) is 5.75 Å². The zero-order valence-corrected chi connectivity index (χ0v) is 15.7. The minimum atomic E-state index is -2.72. The molecule has 0 bridgehead atoms. The van der Waals surface area contributed by atoms with Crippen molar-refractivity contribution in [3.05, 3.63) is 59.0 Å². The molecule has 28 heavy (non-hydrogen) atoms. The first-order valence-electron chi connectivity index (χ1n) is 8.97. The smallest absolute Gasteiger partial charge is 0.280 e. The van der Waals surface area contributed by atoms with Gasteiger partial charge in [-0.15, -0.1) is 0 Å². The van der Waals surface area contributed by atoms with Crippen molar-refractivity contribution in [2.75, 3.05) is 0 Å². The van der Waals surface area contributed by atoms with Crippen molar-refractivity contribution in [2.24, 2.45) is 0 Å². The standard InChI is InChI=1S/C20H20F2N4O2/c1-11-8-15(17(21)22)26-18(24-11)13(10-23-26)19(27)25-14-9-20(2,3)28-16-7-5-4-6-12(14)16/h4-8,10,14,17H,9H2,1-3H3,(H,25,27)/t14-/m1/s1. The maximum atomic E-state index is 13.3. The van der Waals surface area contributed by atoms with Crippen molar-refractivity contribution in [2.45, 2.75) is 45.3 Å². The van der Waals surface area contributed by atoms with Gasteiger partial charge in [-0.25, -0.2) is 18.3 Å². The molecule has 1 aliphatic rings. The van der Waals surface area contributed by atoms with E-state index in [9.17, 15) is 13.6 Å². The first-order valence-corrected chi connectivity index (χ1v) is 8.97. The summed E-state index contributed by atoms with van der Waals surface area (Å²) < 4.78 is 33.6. The number of fused-ring (bicyclic) bond motifs is 2. The summed E-state index contributed by atoms with van der Waals surface area (Å²) in [4.78, 5) is 17.2. The van der Waals surface area contributed by atoms with Crippen molar-refractivity contribution < 1.29 is 18.3 Å². The van der Waals surface area contributed by atoms with Gasteiger partial charge in [-0.3, -0.25) is 4.79 Å². The molecule has 146 valence electrons. The minimum absolute atomic E-state index is 0.118. The highest BCUT2D eigenvalue weighted by atomic mass is 19.3. The second kappa shape index (κ2) is 6.54. The number of ether oxygens (including phenoxy) is 1. The van der Waals surface area contributed by atoms with Crippen molar-refractivity contribution in [1.82, 2.24) is 19.9 Å². The molecule has 0 radical (unpaired) electrons. The van der Waals surface area contributed by atoms with Crippen molar-refractivity contribution >= 4 is 11.6 Å². The van der Waals surface area contributed by atoms with Gasteiger partial charge in [0.15, 0.2) is 5.65 Å². The number of hydrogen-bond donors (Lipinski definition) is 1. The number of amides is 1. The Morgan fingerprint density at radius 3 is 2.86 bits per heavy atom. The highest BCUT2D eigenvalue weighted by Gasteiger charge is 2.35. The Bertz CT molecular complexity index is 1060. The van der Waals surface area contributed by atoms with Crippen molar-refractivity contribution in [3.8, 4) is 5.75 Å². The SMILES string of the molecule is Cc1cc(C(F)F)n2ncc(C(=O)N[C@@H]3CC(C)(C)Oc4ccccc43)c2n1. The lowest BCUT2D eigenvalue weighted by atomic mass is 9.89. The molecule has 8 heteroatoms. The van der Waals surface area contributed by atoms with Crippen LogP contribution in [0.1, 0.15) is 60.0 Å². The molecule has 1 atom stereocenters. The molecule has 1 amide bonds. The monoisotopic (exact) mass is 386 g/mol. The number of alkyl halides is 2. The average molecular weight is 386 g/mol. The van der Waals surface area contributed by atoms with Crippen LogP contribution >= 0.6 is 0 Å². The second-order valence-electron chi connectivity index (χ2n) is 7.55. The van der Waals surface area contributed by atoms with E-state index in [0.29, 0.717) is 12.1 Å². The predicted molar refractivity (Wildman–Crippen MR) is 98.7 cm³/mol. The number of carbonyl (C=O) groups excluding carboxylic acids is 1. The first-order chi connectivity index (χ1) is 13.2. The molecule has 0 saturated heterocycles. The number of halogens is 2. The predicted octanol–water partition coefficient (Wildman–Crippen LogP) is 4.01. The van der Waals surface area contributed by atoms with Gasteiger partial charge < -0.3 is 10.1 Å². The van der Waals surface area contributed by atoms with Crippen LogP contribution in [0.25, 0.3) is 5.65 Å². The molecule has 0 aliphatic carbocycles. The number of para-hydroxylation sites is 1. The quantitative estimate of drug-likeness (QED) is 0.739. The number of carbonyl (C=O) groups is 1. The van der Waals surface area contributed by atoms with Gasteiger partial charge in [-0.1, -0.05) is 18.2 Å². The molecule has 1 aliphatic heterocycles. The van der Waals surface area contributed by atoms with Crippen molar-refractivity contribution in [3.63, 3.8) is 0 Å². The molecule has 3 aromatic rings.